The largest absolute Gasteiger partial charge is 0.341 e. The van der Waals surface area contributed by atoms with Gasteiger partial charge in [-0.1, -0.05) is 49.3 Å². The van der Waals surface area contributed by atoms with Gasteiger partial charge in [0.05, 0.1) is 0 Å². The lowest BCUT2D eigenvalue weighted by Crippen LogP contribution is -2.27. The fraction of sp³-hybridized carbons (Fsp3) is 0.333. The van der Waals surface area contributed by atoms with E-state index < -0.39 is 6.04 Å². The van der Waals surface area contributed by atoms with E-state index in [9.17, 15) is 4.79 Å². The molecule has 130 valence electrons. The van der Waals surface area contributed by atoms with Crippen molar-refractivity contribution in [1.29, 1.82) is 0 Å². The summed E-state index contributed by atoms with van der Waals surface area (Å²) in [5.41, 5.74) is 1.99. The summed E-state index contributed by atoms with van der Waals surface area (Å²) < 4.78 is 5.23. The lowest BCUT2D eigenvalue weighted by atomic mass is 10.2. The fourth-order valence-corrected chi connectivity index (χ4v) is 2.40. The molecule has 0 aliphatic carbocycles. The van der Waals surface area contributed by atoms with Gasteiger partial charge < -0.3 is 14.8 Å². The fourth-order valence-electron chi connectivity index (χ4n) is 2.40. The minimum atomic E-state index is -0.399. The van der Waals surface area contributed by atoms with Gasteiger partial charge >= 0.3 is 0 Å². The molecule has 0 saturated carbocycles. The molecule has 1 aromatic carbocycles. The molecule has 1 atom stereocenters. The van der Waals surface area contributed by atoms with Gasteiger partial charge in [0, 0.05) is 17.2 Å². The average Bonchev–Trinajstić information content (AvgIpc) is 3.22. The maximum absolute atomic E-state index is 12.6. The Bertz CT molecular complexity index is 867. The zero-order valence-corrected chi connectivity index (χ0v) is 14.7. The smallest absolute Gasteiger partial charge is 0.272 e. The van der Waals surface area contributed by atoms with E-state index in [2.05, 4.69) is 25.4 Å². The Morgan fingerprint density at radius 1 is 1.16 bits per heavy atom. The Labute approximate surface area is 145 Å². The topological polar surface area (TPSA) is 96.7 Å². The predicted molar refractivity (Wildman–Crippen MR) is 93.0 cm³/mol. The van der Waals surface area contributed by atoms with Crippen molar-refractivity contribution in [2.45, 2.75) is 39.7 Å². The summed E-state index contributed by atoms with van der Waals surface area (Å²) in [7, 11) is 0. The highest BCUT2D eigenvalue weighted by Crippen LogP contribution is 2.19. The summed E-state index contributed by atoms with van der Waals surface area (Å²) >= 11 is 0. The molecule has 3 aromatic rings. The van der Waals surface area contributed by atoms with Gasteiger partial charge in [0.25, 0.3) is 5.91 Å². The number of aromatic amines is 1. The molecular weight excluding hydrogens is 318 g/mol. The van der Waals surface area contributed by atoms with Crippen LogP contribution in [0.2, 0.25) is 0 Å². The van der Waals surface area contributed by atoms with E-state index in [1.807, 2.05) is 51.1 Å². The second-order valence-corrected chi connectivity index (χ2v) is 6.27. The summed E-state index contributed by atoms with van der Waals surface area (Å²) in [5, 5.41) is 6.77. The van der Waals surface area contributed by atoms with Crippen LogP contribution in [0.25, 0.3) is 11.4 Å². The number of nitrogens with zero attached hydrogens (tertiary/aromatic N) is 3. The highest BCUT2D eigenvalue weighted by atomic mass is 16.5. The standard InChI is InChI=1S/C18H21N5O2/c1-10(2)15-22-18(25-23-15)12(4)20-17(24)14-11(3)19-16(21-14)13-8-6-5-7-9-13/h5-10,12H,1-4H3,(H,19,21)(H,20,24). The Hall–Kier alpha value is -2.96. The van der Waals surface area contributed by atoms with E-state index >= 15 is 0 Å². The molecule has 0 aliphatic rings. The Morgan fingerprint density at radius 2 is 1.88 bits per heavy atom. The van der Waals surface area contributed by atoms with Crippen LogP contribution >= 0.6 is 0 Å². The van der Waals surface area contributed by atoms with Crippen molar-refractivity contribution in [3.63, 3.8) is 0 Å². The van der Waals surface area contributed by atoms with Gasteiger partial charge in [-0.25, -0.2) is 4.98 Å². The molecule has 7 heteroatoms. The highest BCUT2D eigenvalue weighted by Gasteiger charge is 2.21. The molecule has 0 radical (unpaired) electrons. The van der Waals surface area contributed by atoms with Gasteiger partial charge in [-0.15, -0.1) is 0 Å². The van der Waals surface area contributed by atoms with Crippen LogP contribution in [-0.2, 0) is 0 Å². The van der Waals surface area contributed by atoms with Gasteiger partial charge in [0.1, 0.15) is 17.6 Å². The molecule has 0 saturated heterocycles. The highest BCUT2D eigenvalue weighted by molar-refractivity contribution is 5.94. The number of aromatic nitrogens is 4. The lowest BCUT2D eigenvalue weighted by molar-refractivity contribution is 0.0927. The first-order valence-electron chi connectivity index (χ1n) is 8.22. The molecule has 7 nitrogen and oxygen atoms in total. The number of aryl methyl sites for hydroxylation is 1. The van der Waals surface area contributed by atoms with Crippen molar-refractivity contribution >= 4 is 5.91 Å². The van der Waals surface area contributed by atoms with Crippen molar-refractivity contribution in [2.75, 3.05) is 0 Å². The Kier molecular flexibility index (Phi) is 4.65. The average molecular weight is 339 g/mol. The number of hydrogen-bond acceptors (Lipinski definition) is 5. The molecule has 2 aromatic heterocycles. The Balaban J connectivity index is 1.75. The van der Waals surface area contributed by atoms with E-state index in [4.69, 9.17) is 4.52 Å². The second-order valence-electron chi connectivity index (χ2n) is 6.27. The molecule has 3 rings (SSSR count). The van der Waals surface area contributed by atoms with Gasteiger partial charge in [-0.2, -0.15) is 4.98 Å². The summed E-state index contributed by atoms with van der Waals surface area (Å²) in [4.78, 5) is 24.4. The van der Waals surface area contributed by atoms with Crippen molar-refractivity contribution in [3.05, 3.63) is 53.4 Å². The third-order valence-electron chi connectivity index (χ3n) is 3.84. The van der Waals surface area contributed by atoms with Crippen LogP contribution in [0.4, 0.5) is 0 Å². The summed E-state index contributed by atoms with van der Waals surface area (Å²) in [6, 6.07) is 9.27. The molecule has 1 unspecified atom stereocenters. The maximum Gasteiger partial charge on any atom is 0.272 e. The zero-order chi connectivity index (χ0) is 18.0. The number of nitrogens with one attached hydrogen (secondary N) is 2. The number of carbonyl (C=O) groups excluding carboxylic acids is 1. The summed E-state index contributed by atoms with van der Waals surface area (Å²) in [6.07, 6.45) is 0. The molecule has 0 bridgehead atoms. The van der Waals surface area contributed by atoms with E-state index in [0.717, 1.165) is 5.56 Å². The van der Waals surface area contributed by atoms with Crippen molar-refractivity contribution in [3.8, 4) is 11.4 Å². The number of rotatable bonds is 5. The lowest BCUT2D eigenvalue weighted by Gasteiger charge is -2.08. The van der Waals surface area contributed by atoms with Gasteiger partial charge in [0.15, 0.2) is 5.82 Å². The third kappa shape index (κ3) is 3.60. The summed E-state index contributed by atoms with van der Waals surface area (Å²) in [6.45, 7) is 7.59. The number of amides is 1. The van der Waals surface area contributed by atoms with Gasteiger partial charge in [-0.3, -0.25) is 4.79 Å². The first kappa shape index (κ1) is 16.9. The molecule has 0 spiro atoms. The quantitative estimate of drug-likeness (QED) is 0.743. The Morgan fingerprint density at radius 3 is 2.52 bits per heavy atom. The number of hydrogen-bond donors (Lipinski definition) is 2. The normalized spacial score (nSPS) is 12.4. The molecule has 0 aliphatic heterocycles. The second kappa shape index (κ2) is 6.88. The van der Waals surface area contributed by atoms with E-state index in [0.29, 0.717) is 28.9 Å². The SMILES string of the molecule is Cc1[nH]c(-c2ccccc2)nc1C(=O)NC(C)c1nc(C(C)C)no1. The number of carbonyl (C=O) groups is 1. The van der Waals surface area contributed by atoms with E-state index in [-0.39, 0.29) is 11.8 Å². The molecule has 2 N–H and O–H groups in total. The maximum atomic E-state index is 12.6. The first-order valence-corrected chi connectivity index (χ1v) is 8.22. The van der Waals surface area contributed by atoms with Gasteiger partial charge in [0.2, 0.25) is 5.89 Å². The van der Waals surface area contributed by atoms with Crippen LogP contribution in [-0.4, -0.2) is 26.0 Å². The number of benzene rings is 1. The van der Waals surface area contributed by atoms with E-state index in [1.165, 1.54) is 0 Å². The van der Waals surface area contributed by atoms with Crippen LogP contribution in [0.5, 0.6) is 0 Å². The van der Waals surface area contributed by atoms with Crippen LogP contribution in [0.15, 0.2) is 34.9 Å². The predicted octanol–water partition coefficient (Wildman–Crippen LogP) is 3.38. The van der Waals surface area contributed by atoms with Crippen LogP contribution in [0, 0.1) is 6.92 Å². The monoisotopic (exact) mass is 339 g/mol. The number of H-pyrrole nitrogens is 1. The summed E-state index contributed by atoms with van der Waals surface area (Å²) in [5.74, 6) is 1.55. The van der Waals surface area contributed by atoms with Gasteiger partial charge in [-0.05, 0) is 13.8 Å². The van der Waals surface area contributed by atoms with Crippen LogP contribution in [0.3, 0.4) is 0 Å². The molecular formula is C18H21N5O2. The van der Waals surface area contributed by atoms with E-state index in [1.54, 1.807) is 6.92 Å². The van der Waals surface area contributed by atoms with Crippen molar-refractivity contribution in [2.24, 2.45) is 0 Å². The van der Waals surface area contributed by atoms with Crippen LogP contribution in [0.1, 0.15) is 60.6 Å². The zero-order valence-electron chi connectivity index (χ0n) is 14.7. The van der Waals surface area contributed by atoms with Crippen molar-refractivity contribution < 1.29 is 9.32 Å². The minimum absolute atomic E-state index is 0.169. The molecule has 1 amide bonds. The van der Waals surface area contributed by atoms with Crippen LogP contribution < -0.4 is 5.32 Å². The molecule has 2 heterocycles. The number of imidazole rings is 1. The molecule has 25 heavy (non-hydrogen) atoms. The molecule has 0 fully saturated rings. The minimum Gasteiger partial charge on any atom is -0.341 e. The first-order chi connectivity index (χ1) is 12.0. The third-order valence-corrected chi connectivity index (χ3v) is 3.84. The van der Waals surface area contributed by atoms with Crippen molar-refractivity contribution in [1.82, 2.24) is 25.4 Å².